The van der Waals surface area contributed by atoms with Gasteiger partial charge < -0.3 is 10.2 Å². The maximum atomic E-state index is 12.5. The third-order valence-electron chi connectivity index (χ3n) is 3.63. The molecule has 3 nitrogen and oxygen atoms in total. The number of hydrogen-bond donors (Lipinski definition) is 1. The lowest BCUT2D eigenvalue weighted by Crippen LogP contribution is -2.48. The van der Waals surface area contributed by atoms with Gasteiger partial charge in [0.2, 0.25) is 5.91 Å². The fourth-order valence-corrected chi connectivity index (χ4v) is 2.54. The summed E-state index contributed by atoms with van der Waals surface area (Å²) < 4.78 is 37.4. The Morgan fingerprint density at radius 2 is 1.82 bits per heavy atom. The molecule has 2 rings (SSSR count). The molecule has 1 atom stereocenters. The highest BCUT2D eigenvalue weighted by molar-refractivity contribution is 5.82. The number of carbonyl (C=O) groups is 1. The molecule has 2 aliphatic rings. The normalized spacial score (nSPS) is 27.5. The van der Waals surface area contributed by atoms with Crippen molar-refractivity contribution in [2.45, 2.75) is 37.9 Å². The summed E-state index contributed by atoms with van der Waals surface area (Å²) in [4.78, 5) is 13.5. The van der Waals surface area contributed by atoms with Crippen molar-refractivity contribution < 1.29 is 18.0 Å². The van der Waals surface area contributed by atoms with Crippen LogP contribution >= 0.6 is 0 Å². The van der Waals surface area contributed by atoms with Crippen LogP contribution in [0.3, 0.4) is 0 Å². The second-order valence-electron chi connectivity index (χ2n) is 4.79. The van der Waals surface area contributed by atoms with Gasteiger partial charge >= 0.3 is 6.18 Å². The first-order valence-corrected chi connectivity index (χ1v) is 6.07. The highest BCUT2D eigenvalue weighted by Crippen LogP contribution is 2.34. The van der Waals surface area contributed by atoms with Crippen LogP contribution in [0.4, 0.5) is 13.2 Å². The minimum absolute atomic E-state index is 0.0249. The summed E-state index contributed by atoms with van der Waals surface area (Å²) in [6, 6.07) is -0.169. The molecular formula is C11H17F3N2O. The Labute approximate surface area is 98.3 Å². The van der Waals surface area contributed by atoms with E-state index in [1.165, 1.54) is 0 Å². The first-order valence-electron chi connectivity index (χ1n) is 6.07. The van der Waals surface area contributed by atoms with Gasteiger partial charge in [-0.25, -0.2) is 0 Å². The molecule has 0 saturated carbocycles. The fraction of sp³-hybridized carbons (Fsp3) is 0.909. The van der Waals surface area contributed by atoms with E-state index in [2.05, 4.69) is 5.32 Å². The minimum Gasteiger partial charge on any atom is -0.341 e. The summed E-state index contributed by atoms with van der Waals surface area (Å²) in [5, 5.41) is 3.08. The van der Waals surface area contributed by atoms with Crippen LogP contribution in [0.25, 0.3) is 0 Å². The lowest BCUT2D eigenvalue weighted by atomic mass is 9.96. The van der Waals surface area contributed by atoms with Crippen molar-refractivity contribution in [3.63, 3.8) is 0 Å². The van der Waals surface area contributed by atoms with Crippen LogP contribution < -0.4 is 5.32 Å². The molecule has 2 aliphatic heterocycles. The monoisotopic (exact) mass is 250 g/mol. The van der Waals surface area contributed by atoms with Gasteiger partial charge in [-0.1, -0.05) is 0 Å². The number of piperidine rings is 1. The van der Waals surface area contributed by atoms with Gasteiger partial charge in [-0.2, -0.15) is 13.2 Å². The van der Waals surface area contributed by atoms with E-state index in [0.717, 1.165) is 19.4 Å². The zero-order chi connectivity index (χ0) is 12.5. The Balaban J connectivity index is 1.84. The van der Waals surface area contributed by atoms with Crippen LogP contribution in [0.5, 0.6) is 0 Å². The van der Waals surface area contributed by atoms with E-state index in [4.69, 9.17) is 0 Å². The van der Waals surface area contributed by atoms with Crippen LogP contribution in [-0.2, 0) is 4.79 Å². The molecule has 1 amide bonds. The van der Waals surface area contributed by atoms with Gasteiger partial charge in [-0.3, -0.25) is 4.79 Å². The molecule has 17 heavy (non-hydrogen) atoms. The number of likely N-dealkylation sites (tertiary alicyclic amines) is 1. The Morgan fingerprint density at radius 3 is 2.29 bits per heavy atom. The Hall–Kier alpha value is -0.780. The van der Waals surface area contributed by atoms with Crippen molar-refractivity contribution in [2.24, 2.45) is 5.92 Å². The molecule has 0 unspecified atom stereocenters. The quantitative estimate of drug-likeness (QED) is 0.765. The van der Waals surface area contributed by atoms with Crippen LogP contribution in [0, 0.1) is 5.92 Å². The molecule has 0 radical (unpaired) electrons. The number of nitrogens with zero attached hydrogens (tertiary/aromatic N) is 1. The third kappa shape index (κ3) is 2.91. The number of carbonyl (C=O) groups excluding carboxylic acids is 1. The molecule has 0 aliphatic carbocycles. The average Bonchev–Trinajstić information content (AvgIpc) is 2.80. The molecule has 0 aromatic carbocycles. The van der Waals surface area contributed by atoms with Crippen molar-refractivity contribution >= 4 is 5.91 Å². The molecule has 6 heteroatoms. The second-order valence-corrected chi connectivity index (χ2v) is 4.79. The zero-order valence-corrected chi connectivity index (χ0v) is 9.59. The van der Waals surface area contributed by atoms with Crippen molar-refractivity contribution in [1.29, 1.82) is 0 Å². The SMILES string of the molecule is O=C([C@H]1CCCN1)N1CCC(C(F)(F)F)CC1. The number of nitrogens with one attached hydrogen (secondary N) is 1. The molecule has 2 saturated heterocycles. The van der Waals surface area contributed by atoms with E-state index < -0.39 is 12.1 Å². The van der Waals surface area contributed by atoms with Crippen molar-refractivity contribution in [1.82, 2.24) is 10.2 Å². The zero-order valence-electron chi connectivity index (χ0n) is 9.59. The van der Waals surface area contributed by atoms with E-state index >= 15 is 0 Å². The summed E-state index contributed by atoms with van der Waals surface area (Å²) in [6.07, 6.45) is -2.25. The van der Waals surface area contributed by atoms with Crippen molar-refractivity contribution in [3.8, 4) is 0 Å². The van der Waals surface area contributed by atoms with Crippen molar-refractivity contribution in [2.75, 3.05) is 19.6 Å². The van der Waals surface area contributed by atoms with E-state index in [1.54, 1.807) is 4.90 Å². The Morgan fingerprint density at radius 1 is 1.18 bits per heavy atom. The van der Waals surface area contributed by atoms with Crippen LogP contribution in [0.15, 0.2) is 0 Å². The standard InChI is InChI=1S/C11H17F3N2O/c12-11(13,14)8-3-6-16(7-4-8)10(17)9-2-1-5-15-9/h8-9,15H,1-7H2/t9-/m1/s1. The Bertz CT molecular complexity index is 279. The highest BCUT2D eigenvalue weighted by atomic mass is 19.4. The van der Waals surface area contributed by atoms with E-state index in [9.17, 15) is 18.0 Å². The van der Waals surface area contributed by atoms with Gasteiger partial charge in [0.05, 0.1) is 12.0 Å². The molecule has 2 fully saturated rings. The van der Waals surface area contributed by atoms with E-state index in [1.807, 2.05) is 0 Å². The predicted molar refractivity (Wildman–Crippen MR) is 56.4 cm³/mol. The van der Waals surface area contributed by atoms with Gasteiger partial charge in [-0.05, 0) is 32.2 Å². The maximum Gasteiger partial charge on any atom is 0.391 e. The third-order valence-corrected chi connectivity index (χ3v) is 3.63. The van der Waals surface area contributed by atoms with Gasteiger partial charge in [-0.15, -0.1) is 0 Å². The number of alkyl halides is 3. The van der Waals surface area contributed by atoms with Crippen LogP contribution in [-0.4, -0.2) is 42.7 Å². The molecule has 0 bridgehead atoms. The fourth-order valence-electron chi connectivity index (χ4n) is 2.54. The van der Waals surface area contributed by atoms with E-state index in [-0.39, 0.29) is 37.9 Å². The first kappa shape index (κ1) is 12.7. The highest BCUT2D eigenvalue weighted by Gasteiger charge is 2.42. The lowest BCUT2D eigenvalue weighted by Gasteiger charge is -2.34. The van der Waals surface area contributed by atoms with Crippen LogP contribution in [0.2, 0.25) is 0 Å². The molecule has 0 spiro atoms. The maximum absolute atomic E-state index is 12.5. The minimum atomic E-state index is -4.11. The van der Waals surface area contributed by atoms with Gasteiger partial charge in [0.15, 0.2) is 0 Å². The van der Waals surface area contributed by atoms with Gasteiger partial charge in [0.1, 0.15) is 0 Å². The molecule has 98 valence electrons. The molecule has 0 aromatic heterocycles. The molecule has 0 aromatic rings. The first-order chi connectivity index (χ1) is 7.98. The smallest absolute Gasteiger partial charge is 0.341 e. The summed E-state index contributed by atoms with van der Waals surface area (Å²) in [7, 11) is 0. The van der Waals surface area contributed by atoms with E-state index in [0.29, 0.717) is 0 Å². The molecular weight excluding hydrogens is 233 g/mol. The van der Waals surface area contributed by atoms with Crippen LogP contribution in [0.1, 0.15) is 25.7 Å². The largest absolute Gasteiger partial charge is 0.391 e. The number of halogens is 3. The number of rotatable bonds is 1. The average molecular weight is 250 g/mol. The summed E-state index contributed by atoms with van der Waals surface area (Å²) >= 11 is 0. The summed E-state index contributed by atoms with van der Waals surface area (Å²) in [5.74, 6) is -1.26. The lowest BCUT2D eigenvalue weighted by molar-refractivity contribution is -0.186. The summed E-state index contributed by atoms with van der Waals surface area (Å²) in [5.41, 5.74) is 0. The number of hydrogen-bond acceptors (Lipinski definition) is 2. The van der Waals surface area contributed by atoms with Crippen molar-refractivity contribution in [3.05, 3.63) is 0 Å². The van der Waals surface area contributed by atoms with Gasteiger partial charge in [0, 0.05) is 13.1 Å². The second kappa shape index (κ2) is 4.84. The molecule has 2 heterocycles. The number of amides is 1. The topological polar surface area (TPSA) is 32.3 Å². The predicted octanol–water partition coefficient (Wildman–Crippen LogP) is 1.54. The van der Waals surface area contributed by atoms with Gasteiger partial charge in [0.25, 0.3) is 0 Å². The Kier molecular flexibility index (Phi) is 3.61. The molecule has 1 N–H and O–H groups in total. The summed E-state index contributed by atoms with van der Waals surface area (Å²) in [6.45, 7) is 1.30.